The van der Waals surface area contributed by atoms with Gasteiger partial charge in [0.1, 0.15) is 11.5 Å². The number of pyridine rings is 1. The maximum absolute atomic E-state index is 11.7. The van der Waals surface area contributed by atoms with Crippen molar-refractivity contribution in [3.05, 3.63) is 29.3 Å². The van der Waals surface area contributed by atoms with Crippen LogP contribution in [0.4, 0.5) is 0 Å². The summed E-state index contributed by atoms with van der Waals surface area (Å²) in [5, 5.41) is 3.91. The van der Waals surface area contributed by atoms with E-state index >= 15 is 0 Å². The van der Waals surface area contributed by atoms with E-state index in [1.165, 1.54) is 0 Å². The zero-order valence-electron chi connectivity index (χ0n) is 11.0. The highest BCUT2D eigenvalue weighted by Crippen LogP contribution is 2.31. The van der Waals surface area contributed by atoms with E-state index in [1.54, 1.807) is 6.20 Å². The van der Waals surface area contributed by atoms with E-state index in [9.17, 15) is 4.79 Å². The smallest absolute Gasteiger partial charge is 0.234 e. The van der Waals surface area contributed by atoms with Crippen LogP contribution in [0.15, 0.2) is 16.8 Å². The normalized spacial score (nSPS) is 14.6. The molecule has 0 aliphatic heterocycles. The zero-order valence-corrected chi connectivity index (χ0v) is 11.0. The lowest BCUT2D eigenvalue weighted by Gasteiger charge is -2.00. The van der Waals surface area contributed by atoms with E-state index in [4.69, 9.17) is 4.52 Å². The number of nitrogens with zero attached hydrogens (tertiary/aromatic N) is 3. The first-order valence-electron chi connectivity index (χ1n) is 6.42. The fraction of sp³-hybridized carbons (Fsp3) is 0.429. The average Bonchev–Trinajstić information content (AvgIpc) is 3.11. The molecule has 2 heterocycles. The molecule has 5 heteroatoms. The van der Waals surface area contributed by atoms with Gasteiger partial charge in [-0.3, -0.25) is 9.78 Å². The number of hydrogen-bond acceptors (Lipinski definition) is 5. The van der Waals surface area contributed by atoms with Crippen LogP contribution >= 0.6 is 0 Å². The molecular weight excluding hydrogens is 242 g/mol. The fourth-order valence-corrected chi connectivity index (χ4v) is 2.07. The molecule has 0 spiro atoms. The van der Waals surface area contributed by atoms with Crippen LogP contribution in [0.5, 0.6) is 0 Å². The Bertz CT molecular complexity index is 629. The molecule has 0 saturated heterocycles. The van der Waals surface area contributed by atoms with Gasteiger partial charge in [0, 0.05) is 12.1 Å². The van der Waals surface area contributed by atoms with E-state index in [-0.39, 0.29) is 18.1 Å². The number of Topliss-reactive ketones (excluding diaryl/α,β-unsaturated/α-hetero) is 1. The molecule has 1 aliphatic rings. The van der Waals surface area contributed by atoms with Crippen molar-refractivity contribution in [2.24, 2.45) is 5.92 Å². The Morgan fingerprint density at radius 1 is 1.42 bits per heavy atom. The highest BCUT2D eigenvalue weighted by Gasteiger charge is 2.30. The number of aromatic nitrogens is 3. The molecule has 2 aromatic rings. The number of carbonyl (C=O) groups is 1. The Kier molecular flexibility index (Phi) is 2.89. The van der Waals surface area contributed by atoms with Gasteiger partial charge in [-0.1, -0.05) is 11.2 Å². The van der Waals surface area contributed by atoms with Gasteiger partial charge in [-0.25, -0.2) is 0 Å². The minimum atomic E-state index is 0.198. The molecule has 0 unspecified atom stereocenters. The Morgan fingerprint density at radius 2 is 2.21 bits per heavy atom. The van der Waals surface area contributed by atoms with Crippen LogP contribution < -0.4 is 0 Å². The topological polar surface area (TPSA) is 68.9 Å². The van der Waals surface area contributed by atoms with Crippen LogP contribution in [0.3, 0.4) is 0 Å². The molecule has 0 bridgehead atoms. The molecule has 0 N–H and O–H groups in total. The number of ketones is 1. The first-order valence-corrected chi connectivity index (χ1v) is 6.42. The van der Waals surface area contributed by atoms with Gasteiger partial charge in [-0.15, -0.1) is 0 Å². The first-order chi connectivity index (χ1) is 9.13. The number of hydrogen-bond donors (Lipinski definition) is 0. The fourth-order valence-electron chi connectivity index (χ4n) is 2.07. The van der Waals surface area contributed by atoms with Crippen molar-refractivity contribution in [2.75, 3.05) is 0 Å². The minimum absolute atomic E-state index is 0.198. The highest BCUT2D eigenvalue weighted by atomic mass is 16.5. The molecule has 1 aliphatic carbocycles. The maximum atomic E-state index is 11.7. The lowest BCUT2D eigenvalue weighted by atomic mass is 10.1. The van der Waals surface area contributed by atoms with E-state index in [1.807, 2.05) is 19.9 Å². The van der Waals surface area contributed by atoms with Crippen LogP contribution in [0, 0.1) is 19.8 Å². The van der Waals surface area contributed by atoms with Gasteiger partial charge in [0.15, 0.2) is 0 Å². The quantitative estimate of drug-likeness (QED) is 0.840. The predicted molar refractivity (Wildman–Crippen MR) is 68.4 cm³/mol. The SMILES string of the molecule is Cc1cnc(-c2noc(CC(=O)C3CC3)n2)c(C)c1. The second-order valence-electron chi connectivity index (χ2n) is 5.11. The lowest BCUT2D eigenvalue weighted by Crippen LogP contribution is -2.04. The minimum Gasteiger partial charge on any atom is -0.338 e. The summed E-state index contributed by atoms with van der Waals surface area (Å²) >= 11 is 0. The molecule has 0 aromatic carbocycles. The van der Waals surface area contributed by atoms with Gasteiger partial charge in [-0.2, -0.15) is 4.98 Å². The van der Waals surface area contributed by atoms with Gasteiger partial charge in [0.25, 0.3) is 0 Å². The lowest BCUT2D eigenvalue weighted by molar-refractivity contribution is -0.119. The van der Waals surface area contributed by atoms with Crippen molar-refractivity contribution < 1.29 is 9.32 Å². The summed E-state index contributed by atoms with van der Waals surface area (Å²) in [5.74, 6) is 1.25. The Morgan fingerprint density at radius 3 is 2.89 bits per heavy atom. The molecule has 1 saturated carbocycles. The van der Waals surface area contributed by atoms with Gasteiger partial charge in [0.2, 0.25) is 11.7 Å². The van der Waals surface area contributed by atoms with Crippen molar-refractivity contribution in [2.45, 2.75) is 33.1 Å². The molecule has 0 amide bonds. The third-order valence-corrected chi connectivity index (χ3v) is 3.25. The predicted octanol–water partition coefficient (Wildman–Crippen LogP) is 2.27. The zero-order chi connectivity index (χ0) is 13.4. The van der Waals surface area contributed by atoms with Gasteiger partial charge in [-0.05, 0) is 37.8 Å². The molecule has 0 radical (unpaired) electrons. The summed E-state index contributed by atoms with van der Waals surface area (Å²) in [7, 11) is 0. The molecule has 3 rings (SSSR count). The third-order valence-electron chi connectivity index (χ3n) is 3.25. The monoisotopic (exact) mass is 257 g/mol. The van der Waals surface area contributed by atoms with Crippen LogP contribution in [-0.4, -0.2) is 20.9 Å². The van der Waals surface area contributed by atoms with Gasteiger partial charge >= 0.3 is 0 Å². The van der Waals surface area contributed by atoms with Crippen LogP contribution in [0.25, 0.3) is 11.5 Å². The Balaban J connectivity index is 1.81. The van der Waals surface area contributed by atoms with Crippen molar-refractivity contribution in [3.8, 4) is 11.5 Å². The second-order valence-corrected chi connectivity index (χ2v) is 5.11. The molecular formula is C14H15N3O2. The molecule has 98 valence electrons. The van der Waals surface area contributed by atoms with Gasteiger partial charge in [0.05, 0.1) is 6.42 Å². The van der Waals surface area contributed by atoms with E-state index < -0.39 is 0 Å². The summed E-state index contributed by atoms with van der Waals surface area (Å²) in [6, 6.07) is 2.02. The highest BCUT2D eigenvalue weighted by molar-refractivity contribution is 5.84. The van der Waals surface area contributed by atoms with Crippen molar-refractivity contribution in [1.29, 1.82) is 0 Å². The largest absolute Gasteiger partial charge is 0.338 e. The van der Waals surface area contributed by atoms with Crippen molar-refractivity contribution in [3.63, 3.8) is 0 Å². The summed E-state index contributed by atoms with van der Waals surface area (Å²) in [6.07, 6.45) is 4.01. The molecule has 2 aromatic heterocycles. The summed E-state index contributed by atoms with van der Waals surface area (Å²) in [6.45, 7) is 3.94. The second kappa shape index (κ2) is 4.57. The van der Waals surface area contributed by atoms with Crippen LogP contribution in [-0.2, 0) is 11.2 Å². The van der Waals surface area contributed by atoms with Crippen LogP contribution in [0.1, 0.15) is 29.9 Å². The maximum Gasteiger partial charge on any atom is 0.234 e. The molecule has 0 atom stereocenters. The Labute approximate surface area is 111 Å². The molecule has 5 nitrogen and oxygen atoms in total. The summed E-state index contributed by atoms with van der Waals surface area (Å²) in [5.41, 5.74) is 2.80. The van der Waals surface area contributed by atoms with E-state index in [0.29, 0.717) is 17.4 Å². The van der Waals surface area contributed by atoms with E-state index in [2.05, 4.69) is 15.1 Å². The number of rotatable bonds is 4. The number of aryl methyl sites for hydroxylation is 2. The van der Waals surface area contributed by atoms with Crippen molar-refractivity contribution in [1.82, 2.24) is 15.1 Å². The van der Waals surface area contributed by atoms with Crippen LogP contribution in [0.2, 0.25) is 0 Å². The third kappa shape index (κ3) is 2.54. The average molecular weight is 257 g/mol. The Hall–Kier alpha value is -2.04. The molecule has 1 fully saturated rings. The molecule has 19 heavy (non-hydrogen) atoms. The number of carbonyl (C=O) groups excluding carboxylic acids is 1. The standard InChI is InChI=1S/C14H15N3O2/c1-8-5-9(2)13(15-7-8)14-16-12(19-17-14)6-11(18)10-3-4-10/h5,7,10H,3-4,6H2,1-2H3. The summed E-state index contributed by atoms with van der Waals surface area (Å²) in [4.78, 5) is 20.3. The van der Waals surface area contributed by atoms with Crippen molar-refractivity contribution >= 4 is 5.78 Å². The summed E-state index contributed by atoms with van der Waals surface area (Å²) < 4.78 is 5.13. The van der Waals surface area contributed by atoms with Gasteiger partial charge < -0.3 is 4.52 Å². The van der Waals surface area contributed by atoms with E-state index in [0.717, 1.165) is 24.0 Å². The first kappa shape index (κ1) is 12.0.